The molecule has 0 bridgehead atoms. The van der Waals surface area contributed by atoms with Crippen molar-refractivity contribution in [1.29, 1.82) is 0 Å². The highest BCUT2D eigenvalue weighted by molar-refractivity contribution is 6.03. The van der Waals surface area contributed by atoms with E-state index in [4.69, 9.17) is 4.74 Å². The summed E-state index contributed by atoms with van der Waals surface area (Å²) >= 11 is 0. The maximum atomic E-state index is 12.8. The van der Waals surface area contributed by atoms with Crippen LogP contribution in [0.3, 0.4) is 0 Å². The van der Waals surface area contributed by atoms with E-state index in [1.807, 2.05) is 23.1 Å². The number of ether oxygens (including phenoxy) is 1. The number of hydrogen-bond donors (Lipinski definition) is 0. The number of nitrogens with zero attached hydrogens (tertiary/aromatic N) is 1. The highest BCUT2D eigenvalue weighted by Gasteiger charge is 2.33. The van der Waals surface area contributed by atoms with Gasteiger partial charge in [-0.05, 0) is 40.1 Å². The van der Waals surface area contributed by atoms with Crippen molar-refractivity contribution < 1.29 is 9.53 Å². The van der Waals surface area contributed by atoms with Gasteiger partial charge in [-0.15, -0.1) is 6.58 Å². The van der Waals surface area contributed by atoms with Gasteiger partial charge >= 0.3 is 0 Å². The van der Waals surface area contributed by atoms with Crippen molar-refractivity contribution in [3.8, 4) is 5.75 Å². The van der Waals surface area contributed by atoms with Gasteiger partial charge in [-0.1, -0.05) is 48.5 Å². The van der Waals surface area contributed by atoms with Gasteiger partial charge in [0.1, 0.15) is 5.75 Å². The van der Waals surface area contributed by atoms with Crippen LogP contribution in [0.4, 0.5) is 5.69 Å². The van der Waals surface area contributed by atoms with Gasteiger partial charge in [0, 0.05) is 24.6 Å². The predicted octanol–water partition coefficient (Wildman–Crippen LogP) is 4.90. The second-order valence-corrected chi connectivity index (χ2v) is 6.54. The molecule has 3 aromatic carbocycles. The summed E-state index contributed by atoms with van der Waals surface area (Å²) in [5.41, 5.74) is 3.34. The molecule has 0 saturated carbocycles. The third-order valence-electron chi connectivity index (χ3n) is 5.10. The Balaban J connectivity index is 1.93. The first-order valence-corrected chi connectivity index (χ1v) is 8.79. The summed E-state index contributed by atoms with van der Waals surface area (Å²) in [6.45, 7) is 4.34. The number of benzene rings is 3. The fraction of sp³-hybridized carbons (Fsp3) is 0.174. The third-order valence-corrected chi connectivity index (χ3v) is 5.10. The summed E-state index contributed by atoms with van der Waals surface area (Å²) in [6, 6.07) is 20.6. The van der Waals surface area contributed by atoms with Crippen molar-refractivity contribution in [3.63, 3.8) is 0 Å². The van der Waals surface area contributed by atoms with Crippen LogP contribution >= 0.6 is 0 Å². The number of hydrogen-bond acceptors (Lipinski definition) is 2. The zero-order valence-corrected chi connectivity index (χ0v) is 14.8. The van der Waals surface area contributed by atoms with Gasteiger partial charge in [-0.25, -0.2) is 0 Å². The Morgan fingerprint density at radius 3 is 2.62 bits per heavy atom. The lowest BCUT2D eigenvalue weighted by molar-refractivity contribution is -0.119. The molecule has 3 nitrogen and oxygen atoms in total. The van der Waals surface area contributed by atoms with Crippen molar-refractivity contribution in [2.45, 2.75) is 12.3 Å². The van der Waals surface area contributed by atoms with E-state index in [9.17, 15) is 4.79 Å². The Hall–Kier alpha value is -3.07. The van der Waals surface area contributed by atoms with E-state index in [1.165, 1.54) is 16.3 Å². The molecule has 130 valence electrons. The van der Waals surface area contributed by atoms with E-state index in [0.29, 0.717) is 13.0 Å². The monoisotopic (exact) mass is 343 g/mol. The molecule has 0 fully saturated rings. The van der Waals surface area contributed by atoms with Gasteiger partial charge in [0.25, 0.3) is 0 Å². The number of amides is 1. The molecule has 3 heteroatoms. The first kappa shape index (κ1) is 16.4. The van der Waals surface area contributed by atoms with E-state index < -0.39 is 0 Å². The molecule has 0 aromatic heterocycles. The molecular formula is C23H21NO2. The summed E-state index contributed by atoms with van der Waals surface area (Å²) in [5, 5.41) is 2.39. The molecule has 0 saturated heterocycles. The Labute approximate surface area is 153 Å². The largest absolute Gasteiger partial charge is 0.497 e. The molecule has 1 heterocycles. The van der Waals surface area contributed by atoms with Crippen LogP contribution in [0.25, 0.3) is 10.8 Å². The van der Waals surface area contributed by atoms with Crippen LogP contribution in [0.1, 0.15) is 23.5 Å². The Kier molecular flexibility index (Phi) is 4.21. The minimum Gasteiger partial charge on any atom is -0.497 e. The van der Waals surface area contributed by atoms with E-state index in [1.54, 1.807) is 13.2 Å². The molecular weight excluding hydrogens is 322 g/mol. The summed E-state index contributed by atoms with van der Waals surface area (Å²) in [6.07, 6.45) is 2.24. The second kappa shape index (κ2) is 6.68. The van der Waals surface area contributed by atoms with Crippen molar-refractivity contribution in [2.24, 2.45) is 0 Å². The van der Waals surface area contributed by atoms with Gasteiger partial charge < -0.3 is 9.64 Å². The molecule has 1 atom stereocenters. The van der Waals surface area contributed by atoms with Crippen LogP contribution in [0.2, 0.25) is 0 Å². The van der Waals surface area contributed by atoms with Crippen molar-refractivity contribution in [1.82, 2.24) is 0 Å². The number of rotatable bonds is 4. The normalized spacial score (nSPS) is 16.4. The maximum Gasteiger partial charge on any atom is 0.228 e. The van der Waals surface area contributed by atoms with Crippen LogP contribution in [0.5, 0.6) is 5.75 Å². The van der Waals surface area contributed by atoms with Crippen LogP contribution in [-0.2, 0) is 4.79 Å². The summed E-state index contributed by atoms with van der Waals surface area (Å²) in [5.74, 6) is 0.992. The van der Waals surface area contributed by atoms with Gasteiger partial charge in [-0.3, -0.25) is 4.79 Å². The van der Waals surface area contributed by atoms with E-state index in [0.717, 1.165) is 17.0 Å². The van der Waals surface area contributed by atoms with Crippen molar-refractivity contribution in [3.05, 3.63) is 84.4 Å². The Morgan fingerprint density at radius 1 is 1.12 bits per heavy atom. The van der Waals surface area contributed by atoms with Crippen LogP contribution < -0.4 is 9.64 Å². The number of carbonyl (C=O) groups excluding carboxylic acids is 1. The average Bonchev–Trinajstić information content (AvgIpc) is 2.69. The summed E-state index contributed by atoms with van der Waals surface area (Å²) in [7, 11) is 1.66. The zero-order chi connectivity index (χ0) is 18.1. The molecule has 4 rings (SSSR count). The minimum absolute atomic E-state index is 0.0376. The quantitative estimate of drug-likeness (QED) is 0.630. The van der Waals surface area contributed by atoms with Gasteiger partial charge in [0.05, 0.1) is 7.11 Å². The van der Waals surface area contributed by atoms with Gasteiger partial charge in [0.15, 0.2) is 0 Å². The van der Waals surface area contributed by atoms with Gasteiger partial charge in [0.2, 0.25) is 5.91 Å². The standard InChI is InChI=1S/C23H21NO2/c1-3-14-24-21-13-10-16-6-4-5-7-19(16)23(21)20(15-22(24)25)17-8-11-18(26-2)12-9-17/h3-13,20H,1,14-15H2,2H3. The second-order valence-electron chi connectivity index (χ2n) is 6.54. The molecule has 1 aliphatic heterocycles. The molecule has 1 aliphatic rings. The number of carbonyl (C=O) groups is 1. The van der Waals surface area contributed by atoms with Crippen molar-refractivity contribution >= 4 is 22.4 Å². The molecule has 1 unspecified atom stereocenters. The highest BCUT2D eigenvalue weighted by Crippen LogP contribution is 2.44. The van der Waals surface area contributed by atoms with Gasteiger partial charge in [-0.2, -0.15) is 0 Å². The molecule has 0 spiro atoms. The molecule has 3 aromatic rings. The zero-order valence-electron chi connectivity index (χ0n) is 14.8. The van der Waals surface area contributed by atoms with Crippen molar-refractivity contribution in [2.75, 3.05) is 18.6 Å². The Morgan fingerprint density at radius 2 is 1.88 bits per heavy atom. The van der Waals surface area contributed by atoms with E-state index in [2.05, 4.69) is 49.0 Å². The lowest BCUT2D eigenvalue weighted by atomic mass is 9.81. The lowest BCUT2D eigenvalue weighted by Crippen LogP contribution is -2.37. The average molecular weight is 343 g/mol. The first-order valence-electron chi connectivity index (χ1n) is 8.79. The summed E-state index contributed by atoms with van der Waals surface area (Å²) in [4.78, 5) is 14.7. The fourth-order valence-electron chi connectivity index (χ4n) is 3.86. The first-order chi connectivity index (χ1) is 12.7. The van der Waals surface area contributed by atoms with E-state index >= 15 is 0 Å². The minimum atomic E-state index is 0.0376. The smallest absolute Gasteiger partial charge is 0.228 e. The van der Waals surface area contributed by atoms with Crippen LogP contribution in [0.15, 0.2) is 73.3 Å². The number of fused-ring (bicyclic) bond motifs is 3. The number of anilines is 1. The predicted molar refractivity (Wildman–Crippen MR) is 106 cm³/mol. The maximum absolute atomic E-state index is 12.8. The molecule has 0 radical (unpaired) electrons. The number of methoxy groups -OCH3 is 1. The fourth-order valence-corrected chi connectivity index (χ4v) is 3.86. The topological polar surface area (TPSA) is 29.5 Å². The SMILES string of the molecule is C=CCN1C(=O)CC(c2ccc(OC)cc2)c2c1ccc1ccccc21. The highest BCUT2D eigenvalue weighted by atomic mass is 16.5. The third kappa shape index (κ3) is 2.66. The summed E-state index contributed by atoms with van der Waals surface area (Å²) < 4.78 is 5.28. The molecule has 0 N–H and O–H groups in total. The molecule has 0 aliphatic carbocycles. The van der Waals surface area contributed by atoms with Crippen LogP contribution in [-0.4, -0.2) is 19.6 Å². The Bertz CT molecular complexity index is 975. The molecule has 26 heavy (non-hydrogen) atoms. The molecule has 1 amide bonds. The van der Waals surface area contributed by atoms with Crippen LogP contribution in [0, 0.1) is 0 Å². The van der Waals surface area contributed by atoms with E-state index in [-0.39, 0.29) is 11.8 Å². The lowest BCUT2D eigenvalue weighted by Gasteiger charge is -2.35.